The summed E-state index contributed by atoms with van der Waals surface area (Å²) < 4.78 is 4.02. The highest BCUT2D eigenvalue weighted by Gasteiger charge is 2.93. The Morgan fingerprint density at radius 3 is 2.06 bits per heavy atom. The minimum atomic E-state index is -1.57. The SMILES string of the molecule is CC(C)(C)OC(=O)N[C@]1(C(C)(C)C)C[C@@](Sc2ncn[nH]2)(C(=O)O)[C@@H]2[C@@H](C(=O)O)[C@]21C(C)(C)C. The molecule has 0 unspecified atom stereocenters. The highest BCUT2D eigenvalue weighted by molar-refractivity contribution is 8.01. The van der Waals surface area contributed by atoms with E-state index in [-0.39, 0.29) is 11.6 Å². The molecule has 1 heterocycles. The lowest BCUT2D eigenvalue weighted by Gasteiger charge is -2.54. The highest BCUT2D eigenvalue weighted by Crippen LogP contribution is 2.86. The van der Waals surface area contributed by atoms with Crippen LogP contribution in [0.3, 0.4) is 0 Å². The molecule has 0 saturated heterocycles. The molecule has 5 atom stereocenters. The number of rotatable bonds is 5. The molecule has 0 aromatic carbocycles. The van der Waals surface area contributed by atoms with Crippen molar-refractivity contribution in [2.45, 2.75) is 89.8 Å². The fourth-order valence-electron chi connectivity index (χ4n) is 6.58. The third-order valence-electron chi connectivity index (χ3n) is 7.48. The largest absolute Gasteiger partial charge is 0.481 e. The molecule has 0 bridgehead atoms. The van der Waals surface area contributed by atoms with Crippen molar-refractivity contribution in [2.75, 3.05) is 0 Å². The van der Waals surface area contributed by atoms with Crippen LogP contribution in [-0.2, 0) is 14.3 Å². The molecule has 34 heavy (non-hydrogen) atoms. The number of ether oxygens (including phenoxy) is 1. The summed E-state index contributed by atoms with van der Waals surface area (Å²) >= 11 is 0.973. The number of hydrogen-bond donors (Lipinski definition) is 4. The van der Waals surface area contributed by atoms with Crippen molar-refractivity contribution in [1.29, 1.82) is 0 Å². The Morgan fingerprint density at radius 1 is 1.09 bits per heavy atom. The molecule has 2 fully saturated rings. The minimum Gasteiger partial charge on any atom is -0.481 e. The third-order valence-corrected chi connectivity index (χ3v) is 8.80. The zero-order chi connectivity index (χ0) is 26.1. The number of aliphatic carboxylic acids is 2. The lowest BCUT2D eigenvalue weighted by atomic mass is 9.55. The van der Waals surface area contributed by atoms with Crippen molar-refractivity contribution in [3.05, 3.63) is 6.33 Å². The van der Waals surface area contributed by atoms with Gasteiger partial charge in [-0.15, -0.1) is 0 Å². The summed E-state index contributed by atoms with van der Waals surface area (Å²) in [6.45, 7) is 16.7. The van der Waals surface area contributed by atoms with Crippen LogP contribution in [0.15, 0.2) is 11.5 Å². The summed E-state index contributed by atoms with van der Waals surface area (Å²) in [6.07, 6.45) is 0.572. The van der Waals surface area contributed by atoms with Gasteiger partial charge < -0.3 is 20.3 Å². The monoisotopic (exact) mass is 496 g/mol. The van der Waals surface area contributed by atoms with Gasteiger partial charge in [0, 0.05) is 11.3 Å². The highest BCUT2D eigenvalue weighted by atomic mass is 32.2. The molecule has 2 saturated carbocycles. The van der Waals surface area contributed by atoms with Crippen molar-refractivity contribution in [3.8, 4) is 0 Å². The van der Waals surface area contributed by atoms with Crippen LogP contribution in [0.25, 0.3) is 0 Å². The maximum Gasteiger partial charge on any atom is 0.408 e. The van der Waals surface area contributed by atoms with Gasteiger partial charge in [0.25, 0.3) is 0 Å². The molecule has 11 heteroatoms. The Morgan fingerprint density at radius 2 is 1.68 bits per heavy atom. The first-order chi connectivity index (χ1) is 15.3. The second kappa shape index (κ2) is 7.60. The van der Waals surface area contributed by atoms with Crippen LogP contribution in [-0.4, -0.2) is 59.3 Å². The van der Waals surface area contributed by atoms with Gasteiger partial charge in [-0.3, -0.25) is 14.7 Å². The molecule has 2 aliphatic carbocycles. The molecule has 3 rings (SSSR count). The van der Waals surface area contributed by atoms with Gasteiger partial charge in [0.1, 0.15) is 16.7 Å². The molecule has 2 aliphatic rings. The molecule has 0 spiro atoms. The summed E-state index contributed by atoms with van der Waals surface area (Å²) in [5, 5.41) is 30.9. The van der Waals surface area contributed by atoms with E-state index in [0.29, 0.717) is 0 Å². The third kappa shape index (κ3) is 3.58. The van der Waals surface area contributed by atoms with E-state index in [2.05, 4.69) is 20.5 Å². The number of amides is 1. The number of carboxylic acids is 2. The number of hydrogen-bond acceptors (Lipinski definition) is 7. The van der Waals surface area contributed by atoms with Gasteiger partial charge in [0.2, 0.25) is 0 Å². The normalized spacial score (nSPS) is 33.2. The van der Waals surface area contributed by atoms with Crippen LogP contribution in [0.5, 0.6) is 0 Å². The number of thioether (sulfide) groups is 1. The Bertz CT molecular complexity index is 993. The van der Waals surface area contributed by atoms with Crippen LogP contribution in [0, 0.1) is 28.1 Å². The number of aromatic amines is 1. The van der Waals surface area contributed by atoms with Crippen LogP contribution < -0.4 is 5.32 Å². The van der Waals surface area contributed by atoms with E-state index in [1.54, 1.807) is 20.8 Å². The number of fused-ring (bicyclic) bond motifs is 1. The van der Waals surface area contributed by atoms with Gasteiger partial charge in [-0.25, -0.2) is 9.78 Å². The van der Waals surface area contributed by atoms with Gasteiger partial charge in [-0.1, -0.05) is 53.3 Å². The first-order valence-corrected chi connectivity index (χ1v) is 12.1. The molecule has 0 radical (unpaired) electrons. The summed E-state index contributed by atoms with van der Waals surface area (Å²) in [5.41, 5.74) is -4.49. The summed E-state index contributed by atoms with van der Waals surface area (Å²) in [4.78, 5) is 43.0. The molecule has 1 aromatic heterocycles. The number of aromatic nitrogens is 3. The van der Waals surface area contributed by atoms with Crippen molar-refractivity contribution in [1.82, 2.24) is 20.5 Å². The number of carboxylic acid groups (broad SMARTS) is 2. The molecule has 0 aliphatic heterocycles. The van der Waals surface area contributed by atoms with E-state index in [1.165, 1.54) is 6.33 Å². The second-order valence-corrected chi connectivity index (χ2v) is 13.8. The van der Waals surface area contributed by atoms with E-state index >= 15 is 0 Å². The number of H-pyrrole nitrogens is 1. The van der Waals surface area contributed by atoms with Crippen molar-refractivity contribution < 1.29 is 29.3 Å². The average Bonchev–Trinajstić information content (AvgIpc) is 2.98. The lowest BCUT2D eigenvalue weighted by molar-refractivity contribution is -0.145. The van der Waals surface area contributed by atoms with Crippen molar-refractivity contribution in [3.63, 3.8) is 0 Å². The molecule has 4 N–H and O–H groups in total. The zero-order valence-corrected chi connectivity index (χ0v) is 22.1. The van der Waals surface area contributed by atoms with Crippen LogP contribution in [0.2, 0.25) is 0 Å². The van der Waals surface area contributed by atoms with Gasteiger partial charge >= 0.3 is 18.0 Å². The van der Waals surface area contributed by atoms with E-state index in [9.17, 15) is 24.6 Å². The first-order valence-electron chi connectivity index (χ1n) is 11.3. The summed E-state index contributed by atoms with van der Waals surface area (Å²) in [5.74, 6) is -4.00. The second-order valence-electron chi connectivity index (χ2n) is 12.5. The number of carbonyl (C=O) groups excluding carboxylic acids is 1. The van der Waals surface area contributed by atoms with Crippen LogP contribution in [0.1, 0.15) is 68.7 Å². The number of carbonyl (C=O) groups is 3. The fourth-order valence-corrected chi connectivity index (χ4v) is 7.95. The Balaban J connectivity index is 2.31. The number of nitrogens with zero attached hydrogens (tertiary/aromatic N) is 2. The van der Waals surface area contributed by atoms with Gasteiger partial charge in [-0.2, -0.15) is 5.10 Å². The Hall–Kier alpha value is -2.30. The molecule has 1 amide bonds. The number of alkyl carbamates (subject to hydrolysis) is 1. The Kier molecular flexibility index (Phi) is 5.88. The summed E-state index contributed by atoms with van der Waals surface area (Å²) in [7, 11) is 0. The molecule has 1 aromatic rings. The van der Waals surface area contributed by atoms with Crippen LogP contribution >= 0.6 is 11.8 Å². The standard InChI is InChI=1S/C23H36N4O6S/c1-18(2,3)22(26-17(32)33-20(7,8)9)10-21(15(30)31,34-16-24-11-25-27-16)13-12(14(28)29)23(13,22)19(4,5)6/h11-13H,10H2,1-9H3,(H,26,32)(H,28,29)(H,30,31)(H,24,25,27)/t12-,13-,21-,22-,23+/m0/s1. The lowest BCUT2D eigenvalue weighted by Crippen LogP contribution is -2.66. The number of nitrogens with one attached hydrogen (secondary N) is 2. The molecular formula is C23H36N4O6S. The zero-order valence-electron chi connectivity index (χ0n) is 21.3. The van der Waals surface area contributed by atoms with Crippen LogP contribution in [0.4, 0.5) is 4.79 Å². The molecule has 10 nitrogen and oxygen atoms in total. The van der Waals surface area contributed by atoms with Gasteiger partial charge in [0.15, 0.2) is 5.16 Å². The smallest absolute Gasteiger partial charge is 0.408 e. The quantitative estimate of drug-likeness (QED) is 0.476. The molecular weight excluding hydrogens is 460 g/mol. The summed E-state index contributed by atoms with van der Waals surface area (Å²) in [6, 6.07) is 0. The molecule has 190 valence electrons. The van der Waals surface area contributed by atoms with E-state index < -0.39 is 62.0 Å². The Labute approximate surface area is 204 Å². The van der Waals surface area contributed by atoms with E-state index in [0.717, 1.165) is 11.8 Å². The maximum absolute atomic E-state index is 13.2. The minimum absolute atomic E-state index is 0.00480. The van der Waals surface area contributed by atoms with E-state index in [1.807, 2.05) is 41.5 Å². The van der Waals surface area contributed by atoms with Gasteiger partial charge in [0.05, 0.1) is 11.5 Å². The van der Waals surface area contributed by atoms with Gasteiger partial charge in [-0.05, 0) is 38.0 Å². The average molecular weight is 497 g/mol. The topological polar surface area (TPSA) is 154 Å². The predicted octanol–water partition coefficient (Wildman–Crippen LogP) is 3.80. The van der Waals surface area contributed by atoms with Crippen molar-refractivity contribution >= 4 is 29.8 Å². The maximum atomic E-state index is 13.2. The van der Waals surface area contributed by atoms with E-state index in [4.69, 9.17) is 4.74 Å². The predicted molar refractivity (Wildman–Crippen MR) is 125 cm³/mol. The van der Waals surface area contributed by atoms with Crippen molar-refractivity contribution in [2.24, 2.45) is 28.1 Å². The fraction of sp³-hybridized carbons (Fsp3) is 0.783. The first kappa shape index (κ1) is 26.3.